The Morgan fingerprint density at radius 2 is 2.20 bits per heavy atom. The molecule has 0 radical (unpaired) electrons. The summed E-state index contributed by atoms with van der Waals surface area (Å²) in [6, 6.07) is 8.30. The van der Waals surface area contributed by atoms with Crippen LogP contribution in [0, 0.1) is 0 Å². The number of hydrogen-bond acceptors (Lipinski definition) is 3. The monoisotopic (exact) mass is 337 g/mol. The molecule has 2 rings (SSSR count). The number of ether oxygens (including phenoxy) is 1. The minimum atomic E-state index is 0.165. The number of hydrogen-bond donors (Lipinski definition) is 1. The van der Waals surface area contributed by atoms with E-state index in [0.717, 1.165) is 28.8 Å². The Bertz CT molecular complexity index is 566. The van der Waals surface area contributed by atoms with Crippen LogP contribution in [0.5, 0.6) is 5.75 Å². The summed E-state index contributed by atoms with van der Waals surface area (Å²) in [5, 5.41) is 4.14. The third-order valence-electron chi connectivity index (χ3n) is 3.09. The Morgan fingerprint density at radius 1 is 1.40 bits per heavy atom. The molecule has 1 atom stereocenters. The normalized spacial score (nSPS) is 12.4. The zero-order chi connectivity index (χ0) is 14.5. The SMILES string of the molecule is CC(N)Cc1ccc(OCCc2ccnn2C)c(Br)c1. The second kappa shape index (κ2) is 6.90. The highest BCUT2D eigenvalue weighted by Crippen LogP contribution is 2.26. The van der Waals surface area contributed by atoms with Crippen LogP contribution in [0.3, 0.4) is 0 Å². The molecule has 0 spiro atoms. The molecule has 0 aliphatic rings. The van der Waals surface area contributed by atoms with Crippen molar-refractivity contribution in [1.29, 1.82) is 0 Å². The van der Waals surface area contributed by atoms with Crippen LogP contribution >= 0.6 is 15.9 Å². The fraction of sp³-hybridized carbons (Fsp3) is 0.400. The van der Waals surface area contributed by atoms with Gasteiger partial charge in [-0.2, -0.15) is 5.10 Å². The zero-order valence-electron chi connectivity index (χ0n) is 11.8. The van der Waals surface area contributed by atoms with Gasteiger partial charge in [0, 0.05) is 31.4 Å². The van der Waals surface area contributed by atoms with E-state index in [4.69, 9.17) is 10.5 Å². The predicted molar refractivity (Wildman–Crippen MR) is 83.9 cm³/mol. The second-order valence-corrected chi connectivity index (χ2v) is 5.85. The molecule has 0 aliphatic heterocycles. The van der Waals surface area contributed by atoms with Crippen molar-refractivity contribution in [3.8, 4) is 5.75 Å². The van der Waals surface area contributed by atoms with Crippen molar-refractivity contribution in [3.63, 3.8) is 0 Å². The molecule has 0 fully saturated rings. The third-order valence-corrected chi connectivity index (χ3v) is 3.71. The number of aromatic nitrogens is 2. The van der Waals surface area contributed by atoms with E-state index < -0.39 is 0 Å². The Kier molecular flexibility index (Phi) is 5.20. The minimum absolute atomic E-state index is 0.165. The number of nitrogens with two attached hydrogens (primary N) is 1. The summed E-state index contributed by atoms with van der Waals surface area (Å²) in [4.78, 5) is 0. The van der Waals surface area contributed by atoms with Gasteiger partial charge in [-0.05, 0) is 53.0 Å². The van der Waals surface area contributed by atoms with Gasteiger partial charge in [-0.3, -0.25) is 4.68 Å². The molecule has 2 aromatic rings. The van der Waals surface area contributed by atoms with Crippen LogP contribution in [0.25, 0.3) is 0 Å². The molecule has 0 saturated carbocycles. The molecule has 2 N–H and O–H groups in total. The molecule has 0 amide bonds. The number of rotatable bonds is 6. The van der Waals surface area contributed by atoms with Crippen LogP contribution in [-0.4, -0.2) is 22.4 Å². The number of benzene rings is 1. The van der Waals surface area contributed by atoms with Crippen LogP contribution in [0.1, 0.15) is 18.2 Å². The molecule has 5 heteroatoms. The summed E-state index contributed by atoms with van der Waals surface area (Å²) in [6.45, 7) is 2.64. The third kappa shape index (κ3) is 4.08. The first-order valence-corrected chi connectivity index (χ1v) is 7.49. The Hall–Kier alpha value is -1.33. The van der Waals surface area contributed by atoms with E-state index in [1.807, 2.05) is 30.8 Å². The number of aryl methyl sites for hydroxylation is 1. The maximum atomic E-state index is 5.81. The van der Waals surface area contributed by atoms with Crippen LogP contribution in [0.2, 0.25) is 0 Å². The number of nitrogens with zero attached hydrogens (tertiary/aromatic N) is 2. The van der Waals surface area contributed by atoms with Crippen molar-refractivity contribution in [2.45, 2.75) is 25.8 Å². The van der Waals surface area contributed by atoms with E-state index in [-0.39, 0.29) is 6.04 Å². The standard InChI is InChI=1S/C15H20BrN3O/c1-11(17)9-12-3-4-15(14(16)10-12)20-8-6-13-5-7-18-19(13)2/h3-5,7,10-11H,6,8-9,17H2,1-2H3. The van der Waals surface area contributed by atoms with Gasteiger partial charge < -0.3 is 10.5 Å². The maximum Gasteiger partial charge on any atom is 0.133 e. The van der Waals surface area contributed by atoms with Gasteiger partial charge in [-0.25, -0.2) is 0 Å². The largest absolute Gasteiger partial charge is 0.492 e. The zero-order valence-corrected chi connectivity index (χ0v) is 13.4. The van der Waals surface area contributed by atoms with E-state index in [1.54, 1.807) is 6.20 Å². The Labute approximate surface area is 128 Å². The summed E-state index contributed by atoms with van der Waals surface area (Å²) < 4.78 is 8.64. The van der Waals surface area contributed by atoms with Gasteiger partial charge >= 0.3 is 0 Å². The lowest BCUT2D eigenvalue weighted by atomic mass is 10.1. The second-order valence-electron chi connectivity index (χ2n) is 4.99. The van der Waals surface area contributed by atoms with Crippen LogP contribution < -0.4 is 10.5 Å². The molecular weight excluding hydrogens is 318 g/mol. The molecular formula is C15H20BrN3O. The van der Waals surface area contributed by atoms with E-state index in [9.17, 15) is 0 Å². The van der Waals surface area contributed by atoms with Crippen molar-refractivity contribution in [2.24, 2.45) is 12.8 Å². The molecule has 1 aromatic heterocycles. The van der Waals surface area contributed by atoms with Crippen molar-refractivity contribution in [2.75, 3.05) is 6.61 Å². The predicted octanol–water partition coefficient (Wildman–Crippen LogP) is 2.69. The minimum Gasteiger partial charge on any atom is -0.492 e. The van der Waals surface area contributed by atoms with Gasteiger partial charge in [0.1, 0.15) is 5.75 Å². The van der Waals surface area contributed by atoms with E-state index in [0.29, 0.717) is 6.61 Å². The van der Waals surface area contributed by atoms with Crippen LogP contribution in [0.15, 0.2) is 34.9 Å². The molecule has 0 saturated heterocycles. The summed E-state index contributed by atoms with van der Waals surface area (Å²) in [6.07, 6.45) is 3.51. The first kappa shape index (κ1) is 15.1. The first-order chi connectivity index (χ1) is 9.56. The molecule has 1 unspecified atom stereocenters. The number of halogens is 1. The van der Waals surface area contributed by atoms with Crippen LogP contribution in [-0.2, 0) is 19.9 Å². The van der Waals surface area contributed by atoms with Gasteiger partial charge in [0.25, 0.3) is 0 Å². The fourth-order valence-corrected chi connectivity index (χ4v) is 2.61. The van der Waals surface area contributed by atoms with Gasteiger partial charge in [0.2, 0.25) is 0 Å². The maximum absolute atomic E-state index is 5.81. The van der Waals surface area contributed by atoms with Gasteiger partial charge in [0.15, 0.2) is 0 Å². The van der Waals surface area contributed by atoms with Crippen molar-refractivity contribution >= 4 is 15.9 Å². The van der Waals surface area contributed by atoms with E-state index in [1.165, 1.54) is 5.56 Å². The highest BCUT2D eigenvalue weighted by atomic mass is 79.9. The van der Waals surface area contributed by atoms with E-state index >= 15 is 0 Å². The molecule has 1 heterocycles. The summed E-state index contributed by atoms with van der Waals surface area (Å²) >= 11 is 3.55. The van der Waals surface area contributed by atoms with Gasteiger partial charge in [-0.1, -0.05) is 6.07 Å². The average Bonchev–Trinajstić information content (AvgIpc) is 2.77. The summed E-state index contributed by atoms with van der Waals surface area (Å²) in [5.74, 6) is 0.862. The topological polar surface area (TPSA) is 53.1 Å². The molecule has 20 heavy (non-hydrogen) atoms. The molecule has 1 aromatic carbocycles. The lowest BCUT2D eigenvalue weighted by Gasteiger charge is -2.11. The first-order valence-electron chi connectivity index (χ1n) is 6.70. The highest BCUT2D eigenvalue weighted by molar-refractivity contribution is 9.10. The van der Waals surface area contributed by atoms with Crippen molar-refractivity contribution < 1.29 is 4.74 Å². The summed E-state index contributed by atoms with van der Waals surface area (Å²) in [5.41, 5.74) is 8.18. The van der Waals surface area contributed by atoms with Gasteiger partial charge in [0.05, 0.1) is 11.1 Å². The quantitative estimate of drug-likeness (QED) is 0.881. The summed E-state index contributed by atoms with van der Waals surface area (Å²) in [7, 11) is 1.94. The van der Waals surface area contributed by atoms with Crippen molar-refractivity contribution in [1.82, 2.24) is 9.78 Å². The highest BCUT2D eigenvalue weighted by Gasteiger charge is 2.05. The van der Waals surface area contributed by atoms with E-state index in [2.05, 4.69) is 33.2 Å². The Balaban J connectivity index is 1.91. The lowest BCUT2D eigenvalue weighted by Crippen LogP contribution is -2.17. The molecule has 108 valence electrons. The average molecular weight is 338 g/mol. The Morgan fingerprint density at radius 3 is 2.80 bits per heavy atom. The molecule has 0 bridgehead atoms. The smallest absolute Gasteiger partial charge is 0.133 e. The molecule has 4 nitrogen and oxygen atoms in total. The van der Waals surface area contributed by atoms with Gasteiger partial charge in [-0.15, -0.1) is 0 Å². The fourth-order valence-electron chi connectivity index (χ4n) is 2.07. The lowest BCUT2D eigenvalue weighted by molar-refractivity contribution is 0.316. The van der Waals surface area contributed by atoms with Crippen LogP contribution in [0.4, 0.5) is 0 Å². The molecule has 0 aliphatic carbocycles. The van der Waals surface area contributed by atoms with Crippen molar-refractivity contribution in [3.05, 3.63) is 46.2 Å².